The van der Waals surface area contributed by atoms with Crippen LogP contribution < -0.4 is 0 Å². The third kappa shape index (κ3) is 4.02. The first-order chi connectivity index (χ1) is 13.6. The molecule has 0 aromatic carbocycles. The monoisotopic (exact) mass is 404 g/mol. The highest BCUT2D eigenvalue weighted by Crippen LogP contribution is 2.62. The van der Waals surface area contributed by atoms with Crippen molar-refractivity contribution in [1.29, 1.82) is 0 Å². The maximum atomic E-state index is 12.0. The second-order valence-corrected chi connectivity index (χ2v) is 10.00. The Hall–Kier alpha value is -1.65. The van der Waals surface area contributed by atoms with E-state index < -0.39 is 0 Å². The van der Waals surface area contributed by atoms with Gasteiger partial charge in [0.2, 0.25) is 0 Å². The first-order valence-corrected chi connectivity index (χ1v) is 11.1. The maximum Gasteiger partial charge on any atom is 0.302 e. The van der Waals surface area contributed by atoms with Crippen molar-refractivity contribution in [3.63, 3.8) is 0 Å². The van der Waals surface area contributed by atoms with Crippen molar-refractivity contribution < 1.29 is 23.9 Å². The van der Waals surface area contributed by atoms with E-state index in [-0.39, 0.29) is 52.7 Å². The maximum absolute atomic E-state index is 12.0. The highest BCUT2D eigenvalue weighted by molar-refractivity contribution is 5.66. The molecule has 0 N–H and O–H groups in total. The molecule has 3 aliphatic rings. The van der Waals surface area contributed by atoms with Gasteiger partial charge in [0.15, 0.2) is 0 Å². The fourth-order valence-corrected chi connectivity index (χ4v) is 6.74. The lowest BCUT2D eigenvalue weighted by atomic mass is 9.51. The van der Waals surface area contributed by atoms with E-state index in [9.17, 15) is 14.4 Å². The number of esters is 2. The molecular weight excluding hydrogens is 368 g/mol. The normalized spacial score (nSPS) is 42.1. The summed E-state index contributed by atoms with van der Waals surface area (Å²) in [4.78, 5) is 35.0. The van der Waals surface area contributed by atoms with Crippen LogP contribution in [0.15, 0.2) is 12.2 Å². The van der Waals surface area contributed by atoms with Gasteiger partial charge in [0.25, 0.3) is 0 Å². The van der Waals surface area contributed by atoms with Crippen molar-refractivity contribution in [3.8, 4) is 0 Å². The van der Waals surface area contributed by atoms with Crippen molar-refractivity contribution in [2.45, 2.75) is 91.3 Å². The minimum absolute atomic E-state index is 0.0298. The number of carbonyl (C=O) groups is 3. The third-order valence-corrected chi connectivity index (χ3v) is 8.50. The summed E-state index contributed by atoms with van der Waals surface area (Å²) in [6, 6.07) is 0. The Bertz CT molecular complexity index is 685. The van der Waals surface area contributed by atoms with Crippen LogP contribution in [0, 0.1) is 28.6 Å². The minimum Gasteiger partial charge on any atom is -0.463 e. The van der Waals surface area contributed by atoms with Crippen LogP contribution in [0.25, 0.3) is 0 Å². The number of hydrogen-bond donors (Lipinski definition) is 0. The largest absolute Gasteiger partial charge is 0.463 e. The Morgan fingerprint density at radius 3 is 2.38 bits per heavy atom. The summed E-state index contributed by atoms with van der Waals surface area (Å²) in [6.07, 6.45) is 7.56. The number of aldehydes is 1. The van der Waals surface area contributed by atoms with E-state index in [1.165, 1.54) is 19.4 Å². The first kappa shape index (κ1) is 22.0. The fourth-order valence-electron chi connectivity index (χ4n) is 6.74. The second-order valence-electron chi connectivity index (χ2n) is 10.00. The number of rotatable bonds is 5. The van der Waals surface area contributed by atoms with E-state index >= 15 is 0 Å². The molecule has 0 heterocycles. The van der Waals surface area contributed by atoms with Crippen LogP contribution in [-0.4, -0.2) is 30.4 Å². The van der Waals surface area contributed by atoms with Crippen molar-refractivity contribution in [2.24, 2.45) is 28.6 Å². The van der Waals surface area contributed by atoms with Crippen molar-refractivity contribution in [1.82, 2.24) is 0 Å². The SMILES string of the molecule is C=C1CCC2C(OC(C)=O)C(C3(C)CCC(OC(C)=O)CC3CC=O)CCC12C. The van der Waals surface area contributed by atoms with Crippen LogP contribution in [0.4, 0.5) is 0 Å². The van der Waals surface area contributed by atoms with Crippen LogP contribution >= 0.6 is 0 Å². The number of carbonyl (C=O) groups excluding carboxylic acids is 3. The van der Waals surface area contributed by atoms with Gasteiger partial charge in [-0.1, -0.05) is 26.0 Å². The average Bonchev–Trinajstić information content (AvgIpc) is 2.93. The zero-order valence-electron chi connectivity index (χ0n) is 18.4. The summed E-state index contributed by atoms with van der Waals surface area (Å²) < 4.78 is 11.5. The van der Waals surface area contributed by atoms with Gasteiger partial charge in [-0.05, 0) is 61.7 Å². The molecule has 0 radical (unpaired) electrons. The van der Waals surface area contributed by atoms with Gasteiger partial charge in [-0.2, -0.15) is 0 Å². The highest BCUT2D eigenvalue weighted by Gasteiger charge is 2.58. The summed E-state index contributed by atoms with van der Waals surface area (Å²) in [5.74, 6) is 0.122. The van der Waals surface area contributed by atoms with Crippen LogP contribution in [0.2, 0.25) is 0 Å². The third-order valence-electron chi connectivity index (χ3n) is 8.50. The molecule has 0 saturated heterocycles. The van der Waals surface area contributed by atoms with Crippen molar-refractivity contribution in [3.05, 3.63) is 12.2 Å². The first-order valence-electron chi connectivity index (χ1n) is 11.1. The molecule has 5 nitrogen and oxygen atoms in total. The molecule has 29 heavy (non-hydrogen) atoms. The van der Waals surface area contributed by atoms with E-state index in [2.05, 4.69) is 20.4 Å². The van der Waals surface area contributed by atoms with E-state index in [1.807, 2.05) is 0 Å². The van der Waals surface area contributed by atoms with Gasteiger partial charge in [0.1, 0.15) is 18.5 Å². The van der Waals surface area contributed by atoms with Gasteiger partial charge >= 0.3 is 11.9 Å². The van der Waals surface area contributed by atoms with Gasteiger partial charge in [-0.25, -0.2) is 0 Å². The van der Waals surface area contributed by atoms with Gasteiger partial charge in [0, 0.05) is 32.1 Å². The van der Waals surface area contributed by atoms with Gasteiger partial charge in [0.05, 0.1) is 0 Å². The predicted octanol–water partition coefficient (Wildman–Crippen LogP) is 4.63. The number of ether oxygens (including phenoxy) is 2. The molecule has 0 aliphatic heterocycles. The highest BCUT2D eigenvalue weighted by atomic mass is 16.5. The topological polar surface area (TPSA) is 69.7 Å². The van der Waals surface area contributed by atoms with Crippen molar-refractivity contribution in [2.75, 3.05) is 0 Å². The second kappa shape index (κ2) is 8.23. The average molecular weight is 405 g/mol. The number of fused-ring (bicyclic) bond motifs is 1. The standard InChI is InChI=1S/C24H36O5/c1-15-6-7-20-22(29-17(3)27)21(9-12-23(15,20)4)24(5)11-8-19(28-16(2)26)14-18(24)10-13-25/h13,18-22H,1,6-12,14H2,2-5H3. The van der Waals surface area contributed by atoms with E-state index in [1.54, 1.807) is 0 Å². The summed E-state index contributed by atoms with van der Waals surface area (Å²) in [5.41, 5.74) is 1.19. The molecule has 7 unspecified atom stereocenters. The Labute approximate surface area is 174 Å². The van der Waals surface area contributed by atoms with Gasteiger partial charge in [-0.3, -0.25) is 9.59 Å². The number of hydrogen-bond acceptors (Lipinski definition) is 5. The van der Waals surface area contributed by atoms with E-state index in [0.29, 0.717) is 12.8 Å². The zero-order valence-corrected chi connectivity index (χ0v) is 18.4. The molecule has 0 aromatic rings. The Morgan fingerprint density at radius 2 is 1.76 bits per heavy atom. The zero-order chi connectivity index (χ0) is 21.4. The van der Waals surface area contributed by atoms with Gasteiger partial charge in [-0.15, -0.1) is 0 Å². The lowest BCUT2D eigenvalue weighted by Crippen LogP contribution is -2.54. The molecule has 162 valence electrons. The summed E-state index contributed by atoms with van der Waals surface area (Å²) in [6.45, 7) is 11.8. The molecule has 3 rings (SSSR count). The predicted molar refractivity (Wildman–Crippen MR) is 110 cm³/mol. The molecule has 0 bridgehead atoms. The molecule has 3 fully saturated rings. The molecule has 7 atom stereocenters. The molecule has 0 aromatic heterocycles. The van der Waals surface area contributed by atoms with Crippen LogP contribution in [0.1, 0.15) is 79.1 Å². The molecule has 0 spiro atoms. The van der Waals surface area contributed by atoms with Crippen molar-refractivity contribution >= 4 is 18.2 Å². The Kier molecular flexibility index (Phi) is 6.26. The fraction of sp³-hybridized carbons (Fsp3) is 0.792. The molecular formula is C24H36O5. The van der Waals surface area contributed by atoms with E-state index in [4.69, 9.17) is 9.47 Å². The summed E-state index contributed by atoms with van der Waals surface area (Å²) in [7, 11) is 0. The van der Waals surface area contributed by atoms with Crippen LogP contribution in [0.5, 0.6) is 0 Å². The summed E-state index contributed by atoms with van der Waals surface area (Å²) >= 11 is 0. The smallest absolute Gasteiger partial charge is 0.302 e. The lowest BCUT2D eigenvalue weighted by molar-refractivity contribution is -0.176. The van der Waals surface area contributed by atoms with Crippen LogP contribution in [0.3, 0.4) is 0 Å². The van der Waals surface area contributed by atoms with Crippen LogP contribution in [-0.2, 0) is 23.9 Å². The minimum atomic E-state index is -0.265. The van der Waals surface area contributed by atoms with E-state index in [0.717, 1.165) is 44.8 Å². The molecule has 0 amide bonds. The lowest BCUT2D eigenvalue weighted by Gasteiger charge is -2.56. The quantitative estimate of drug-likeness (QED) is 0.380. The Balaban J connectivity index is 1.90. The number of allylic oxidation sites excluding steroid dienone is 1. The molecule has 3 saturated carbocycles. The molecule has 5 heteroatoms. The van der Waals surface area contributed by atoms with Gasteiger partial charge < -0.3 is 14.3 Å². The molecule has 3 aliphatic carbocycles. The Morgan fingerprint density at radius 1 is 1.07 bits per heavy atom. The summed E-state index contributed by atoms with van der Waals surface area (Å²) in [5, 5.41) is 0.